The van der Waals surface area contributed by atoms with E-state index in [4.69, 9.17) is 13.9 Å². The van der Waals surface area contributed by atoms with Gasteiger partial charge in [-0.15, -0.1) is 0 Å². The normalized spacial score (nSPS) is 15.8. The van der Waals surface area contributed by atoms with Crippen molar-refractivity contribution in [3.63, 3.8) is 0 Å². The van der Waals surface area contributed by atoms with Gasteiger partial charge in [0.05, 0.1) is 0 Å². The van der Waals surface area contributed by atoms with Gasteiger partial charge in [-0.2, -0.15) is 0 Å². The maximum Gasteiger partial charge on any atom is 0.186 e. The van der Waals surface area contributed by atoms with Crippen molar-refractivity contribution in [2.45, 2.75) is 65.7 Å². The SMILES string of the molecule is CCOC(C)N(CCC[Si](C)(C)OC)C(C)OCC. The Bertz CT molecular complexity index is 215. The molecule has 0 fully saturated rings. The predicted octanol–water partition coefficient (Wildman–Crippen LogP) is 3.30. The smallest absolute Gasteiger partial charge is 0.186 e. The van der Waals surface area contributed by atoms with E-state index in [1.165, 1.54) is 0 Å². The Morgan fingerprint density at radius 1 is 1.00 bits per heavy atom. The molecule has 0 rings (SSSR count). The van der Waals surface area contributed by atoms with Crippen LogP contribution in [-0.4, -0.2) is 52.5 Å². The van der Waals surface area contributed by atoms with Crippen LogP contribution in [0.15, 0.2) is 0 Å². The largest absolute Gasteiger partial charge is 0.420 e. The summed E-state index contributed by atoms with van der Waals surface area (Å²) in [6.45, 7) is 15.2. The Morgan fingerprint density at radius 2 is 1.47 bits per heavy atom. The van der Waals surface area contributed by atoms with Crippen molar-refractivity contribution in [1.82, 2.24) is 4.90 Å². The number of hydrogen-bond donors (Lipinski definition) is 0. The van der Waals surface area contributed by atoms with Crippen LogP contribution < -0.4 is 0 Å². The van der Waals surface area contributed by atoms with Crippen LogP contribution in [0.2, 0.25) is 19.1 Å². The highest BCUT2D eigenvalue weighted by atomic mass is 28.4. The highest BCUT2D eigenvalue weighted by Crippen LogP contribution is 2.16. The molecular weight excluding hydrogens is 258 g/mol. The number of nitrogens with zero attached hydrogens (tertiary/aromatic N) is 1. The van der Waals surface area contributed by atoms with Gasteiger partial charge in [0.1, 0.15) is 12.5 Å². The molecular formula is C14H33NO3Si. The molecule has 0 radical (unpaired) electrons. The molecule has 0 amide bonds. The first-order chi connectivity index (χ1) is 8.87. The third-order valence-electron chi connectivity index (χ3n) is 3.50. The number of rotatable bonds is 11. The van der Waals surface area contributed by atoms with E-state index >= 15 is 0 Å². The molecule has 0 aromatic heterocycles. The standard InChI is InChI=1S/C14H33NO3Si/c1-8-17-13(3)15(14(4)18-9-2)11-10-12-19(6,7)16-5/h13-14H,8-12H2,1-7H3. The average Bonchev–Trinajstić information content (AvgIpc) is 2.35. The molecule has 116 valence electrons. The molecule has 0 aromatic carbocycles. The second-order valence-corrected chi connectivity index (χ2v) is 9.84. The lowest BCUT2D eigenvalue weighted by Crippen LogP contribution is -2.44. The molecule has 0 aliphatic rings. The summed E-state index contributed by atoms with van der Waals surface area (Å²) in [5.41, 5.74) is 0. The van der Waals surface area contributed by atoms with Gasteiger partial charge in [0, 0.05) is 26.9 Å². The lowest BCUT2D eigenvalue weighted by Gasteiger charge is -2.34. The first kappa shape index (κ1) is 19.1. The molecule has 5 heteroatoms. The van der Waals surface area contributed by atoms with E-state index in [0.29, 0.717) is 0 Å². The van der Waals surface area contributed by atoms with Crippen LogP contribution in [0.3, 0.4) is 0 Å². The maximum atomic E-state index is 5.71. The van der Waals surface area contributed by atoms with Gasteiger partial charge in [-0.1, -0.05) is 0 Å². The molecule has 0 aliphatic carbocycles. The molecule has 0 saturated heterocycles. The molecule has 2 atom stereocenters. The summed E-state index contributed by atoms with van der Waals surface area (Å²) in [6, 6.07) is 1.16. The Morgan fingerprint density at radius 3 is 1.84 bits per heavy atom. The van der Waals surface area contributed by atoms with Crippen LogP contribution in [0.5, 0.6) is 0 Å². The van der Waals surface area contributed by atoms with Crippen molar-refractivity contribution >= 4 is 8.32 Å². The minimum absolute atomic E-state index is 0.0962. The second-order valence-electron chi connectivity index (χ2n) is 5.41. The molecule has 0 aliphatic heterocycles. The summed E-state index contributed by atoms with van der Waals surface area (Å²) in [7, 11) is 0.370. The van der Waals surface area contributed by atoms with Gasteiger partial charge < -0.3 is 13.9 Å². The van der Waals surface area contributed by atoms with Crippen LogP contribution >= 0.6 is 0 Å². The van der Waals surface area contributed by atoms with Gasteiger partial charge in [-0.25, -0.2) is 0 Å². The third-order valence-corrected chi connectivity index (χ3v) is 6.16. The van der Waals surface area contributed by atoms with E-state index in [-0.39, 0.29) is 12.5 Å². The molecule has 0 N–H and O–H groups in total. The minimum atomic E-state index is -1.46. The van der Waals surface area contributed by atoms with Crippen molar-refractivity contribution in [2.24, 2.45) is 0 Å². The summed E-state index contributed by atoms with van der Waals surface area (Å²) in [4.78, 5) is 2.28. The molecule has 0 spiro atoms. The van der Waals surface area contributed by atoms with E-state index in [9.17, 15) is 0 Å². The monoisotopic (exact) mass is 291 g/mol. The topological polar surface area (TPSA) is 30.9 Å². The Balaban J connectivity index is 4.33. The Labute approximate surface area is 120 Å². The van der Waals surface area contributed by atoms with Crippen molar-refractivity contribution in [3.8, 4) is 0 Å². The van der Waals surface area contributed by atoms with Crippen LogP contribution in [0.25, 0.3) is 0 Å². The lowest BCUT2D eigenvalue weighted by molar-refractivity contribution is -0.136. The van der Waals surface area contributed by atoms with Gasteiger partial charge in [-0.05, 0) is 53.3 Å². The zero-order valence-corrected chi connectivity index (χ0v) is 14.9. The predicted molar refractivity (Wildman–Crippen MR) is 82.8 cm³/mol. The van der Waals surface area contributed by atoms with E-state index in [1.807, 2.05) is 21.0 Å². The van der Waals surface area contributed by atoms with Crippen molar-refractivity contribution < 1.29 is 13.9 Å². The molecule has 0 aromatic rings. The van der Waals surface area contributed by atoms with Gasteiger partial charge in [0.15, 0.2) is 8.32 Å². The Kier molecular flexibility index (Phi) is 9.91. The van der Waals surface area contributed by atoms with Crippen LogP contribution in [0, 0.1) is 0 Å². The molecule has 4 nitrogen and oxygen atoms in total. The first-order valence-corrected chi connectivity index (χ1v) is 10.5. The van der Waals surface area contributed by atoms with Gasteiger partial charge in [-0.3, -0.25) is 4.90 Å². The Hall–Kier alpha value is 0.0569. The van der Waals surface area contributed by atoms with Crippen molar-refractivity contribution in [2.75, 3.05) is 26.9 Å². The third kappa shape index (κ3) is 8.04. The highest BCUT2D eigenvalue weighted by molar-refractivity contribution is 6.71. The van der Waals surface area contributed by atoms with Gasteiger partial charge in [0.2, 0.25) is 0 Å². The fourth-order valence-corrected chi connectivity index (χ4v) is 3.34. The van der Waals surface area contributed by atoms with Crippen molar-refractivity contribution in [3.05, 3.63) is 0 Å². The molecule has 2 unspecified atom stereocenters. The van der Waals surface area contributed by atoms with E-state index < -0.39 is 8.32 Å². The molecule has 0 saturated carbocycles. The highest BCUT2D eigenvalue weighted by Gasteiger charge is 2.24. The van der Waals surface area contributed by atoms with Crippen LogP contribution in [0.4, 0.5) is 0 Å². The number of ether oxygens (including phenoxy) is 2. The van der Waals surface area contributed by atoms with Crippen LogP contribution in [-0.2, 0) is 13.9 Å². The fourth-order valence-electron chi connectivity index (χ4n) is 2.12. The molecule has 0 bridgehead atoms. The average molecular weight is 292 g/mol. The quantitative estimate of drug-likeness (QED) is 0.432. The van der Waals surface area contributed by atoms with E-state index in [1.54, 1.807) is 0 Å². The number of hydrogen-bond acceptors (Lipinski definition) is 4. The summed E-state index contributed by atoms with van der Waals surface area (Å²) in [6.07, 6.45) is 1.32. The fraction of sp³-hybridized carbons (Fsp3) is 1.00. The molecule has 0 heterocycles. The summed E-state index contributed by atoms with van der Waals surface area (Å²) in [5.74, 6) is 0. The van der Waals surface area contributed by atoms with Gasteiger partial charge in [0.25, 0.3) is 0 Å². The summed E-state index contributed by atoms with van der Waals surface area (Å²) >= 11 is 0. The minimum Gasteiger partial charge on any atom is -0.420 e. The van der Waals surface area contributed by atoms with E-state index in [0.717, 1.165) is 32.2 Å². The van der Waals surface area contributed by atoms with E-state index in [2.05, 4.69) is 31.8 Å². The summed E-state index contributed by atoms with van der Waals surface area (Å²) < 4.78 is 17.0. The zero-order valence-electron chi connectivity index (χ0n) is 13.9. The summed E-state index contributed by atoms with van der Waals surface area (Å²) in [5, 5.41) is 0. The van der Waals surface area contributed by atoms with Gasteiger partial charge >= 0.3 is 0 Å². The van der Waals surface area contributed by atoms with Crippen LogP contribution in [0.1, 0.15) is 34.1 Å². The van der Waals surface area contributed by atoms with Crippen molar-refractivity contribution in [1.29, 1.82) is 0 Å². The first-order valence-electron chi connectivity index (χ1n) is 7.42. The maximum absolute atomic E-state index is 5.71. The lowest BCUT2D eigenvalue weighted by atomic mass is 10.3. The molecule has 19 heavy (non-hydrogen) atoms. The zero-order chi connectivity index (χ0) is 14.9. The second kappa shape index (κ2) is 9.88.